The Labute approximate surface area is 192 Å². The fraction of sp³-hybridized carbons (Fsp3) is 0.222. The molecule has 0 amide bonds. The summed E-state index contributed by atoms with van der Waals surface area (Å²) in [7, 11) is 0. The predicted molar refractivity (Wildman–Crippen MR) is 132 cm³/mol. The number of nitrogens with zero attached hydrogens (tertiary/aromatic N) is 3. The summed E-state index contributed by atoms with van der Waals surface area (Å²) < 4.78 is 1.53. The third kappa shape index (κ3) is 4.53. The molecule has 4 aromatic rings. The van der Waals surface area contributed by atoms with Crippen LogP contribution in [0.5, 0.6) is 0 Å². The van der Waals surface area contributed by atoms with Crippen molar-refractivity contribution in [3.05, 3.63) is 101 Å². The van der Waals surface area contributed by atoms with Crippen LogP contribution in [0.2, 0.25) is 0 Å². The molecular formula is C27H25N3OS. The lowest BCUT2D eigenvalue weighted by molar-refractivity contribution is 0.416. The molecule has 5 heteroatoms. The molecule has 1 heterocycles. The average Bonchev–Trinajstić information content (AvgIpc) is 2.85. The van der Waals surface area contributed by atoms with E-state index < -0.39 is 0 Å². The molecule has 0 saturated heterocycles. The van der Waals surface area contributed by atoms with E-state index in [1.807, 2.05) is 54.6 Å². The molecule has 1 aliphatic carbocycles. The van der Waals surface area contributed by atoms with Gasteiger partial charge in [-0.25, -0.2) is 4.98 Å². The van der Waals surface area contributed by atoms with Gasteiger partial charge in [0.1, 0.15) is 5.82 Å². The Bertz CT molecular complexity index is 1290. The van der Waals surface area contributed by atoms with Crippen LogP contribution < -0.4 is 5.56 Å². The lowest BCUT2D eigenvalue weighted by atomic mass is 9.88. The van der Waals surface area contributed by atoms with Gasteiger partial charge >= 0.3 is 0 Å². The molecule has 0 N–H and O–H groups in total. The third-order valence-corrected chi connectivity index (χ3v) is 6.95. The minimum atomic E-state index is -0.0938. The molecule has 0 atom stereocenters. The monoisotopic (exact) mass is 439 g/mol. The highest BCUT2D eigenvalue weighted by molar-refractivity contribution is 7.99. The van der Waals surface area contributed by atoms with E-state index >= 15 is 0 Å². The van der Waals surface area contributed by atoms with E-state index in [2.05, 4.69) is 29.4 Å². The predicted octanol–water partition coefficient (Wildman–Crippen LogP) is 6.48. The van der Waals surface area contributed by atoms with Gasteiger partial charge in [0.2, 0.25) is 0 Å². The first-order valence-electron chi connectivity index (χ1n) is 11.2. The Morgan fingerprint density at radius 1 is 0.844 bits per heavy atom. The zero-order chi connectivity index (χ0) is 21.8. The van der Waals surface area contributed by atoms with Crippen LogP contribution in [-0.2, 0) is 0 Å². The second-order valence-corrected chi connectivity index (χ2v) is 9.31. The van der Waals surface area contributed by atoms with Gasteiger partial charge in [-0.2, -0.15) is 9.78 Å². The SMILES string of the molecule is O=c1c2ccccc2nc(C2CCCCC2)n1N=Cc1ccc(Sc2ccccc2)cc1. The Morgan fingerprint density at radius 3 is 2.31 bits per heavy atom. The van der Waals surface area contributed by atoms with Crippen molar-refractivity contribution in [1.29, 1.82) is 0 Å². The Hall–Kier alpha value is -3.18. The quantitative estimate of drug-likeness (QED) is 0.335. The van der Waals surface area contributed by atoms with Crippen molar-refractivity contribution >= 4 is 28.9 Å². The fourth-order valence-corrected chi connectivity index (χ4v) is 5.09. The summed E-state index contributed by atoms with van der Waals surface area (Å²) in [5, 5.41) is 5.23. The average molecular weight is 440 g/mol. The Balaban J connectivity index is 1.46. The summed E-state index contributed by atoms with van der Waals surface area (Å²) in [5.74, 6) is 1.07. The molecule has 1 fully saturated rings. The molecule has 0 radical (unpaired) electrons. The molecule has 1 aliphatic rings. The molecule has 0 unspecified atom stereocenters. The van der Waals surface area contributed by atoms with Crippen LogP contribution in [0.4, 0.5) is 0 Å². The summed E-state index contributed by atoms with van der Waals surface area (Å²) >= 11 is 1.73. The van der Waals surface area contributed by atoms with E-state index in [9.17, 15) is 4.79 Å². The van der Waals surface area contributed by atoms with Crippen LogP contribution in [0.3, 0.4) is 0 Å². The van der Waals surface area contributed by atoms with Crippen LogP contribution in [0, 0.1) is 0 Å². The highest BCUT2D eigenvalue weighted by Crippen LogP contribution is 2.32. The van der Waals surface area contributed by atoms with E-state index in [-0.39, 0.29) is 11.5 Å². The van der Waals surface area contributed by atoms with Gasteiger partial charge in [0.15, 0.2) is 0 Å². The maximum absolute atomic E-state index is 13.3. The van der Waals surface area contributed by atoms with E-state index in [0.717, 1.165) is 29.7 Å². The number of benzene rings is 3. The molecule has 1 aromatic heterocycles. The van der Waals surface area contributed by atoms with Crippen LogP contribution in [0.15, 0.2) is 98.5 Å². The van der Waals surface area contributed by atoms with Crippen molar-refractivity contribution in [2.45, 2.75) is 47.8 Å². The minimum absolute atomic E-state index is 0.0938. The van der Waals surface area contributed by atoms with Gasteiger partial charge in [-0.15, -0.1) is 0 Å². The van der Waals surface area contributed by atoms with Gasteiger partial charge < -0.3 is 0 Å². The van der Waals surface area contributed by atoms with Gasteiger partial charge in [-0.1, -0.05) is 73.5 Å². The van der Waals surface area contributed by atoms with Gasteiger partial charge in [-0.3, -0.25) is 4.79 Å². The van der Waals surface area contributed by atoms with Crippen LogP contribution >= 0.6 is 11.8 Å². The molecule has 0 spiro atoms. The molecule has 0 aliphatic heterocycles. The van der Waals surface area contributed by atoms with Crippen molar-refractivity contribution in [2.75, 3.05) is 0 Å². The van der Waals surface area contributed by atoms with E-state index in [0.29, 0.717) is 5.39 Å². The number of rotatable bonds is 5. The van der Waals surface area contributed by atoms with Crippen molar-refractivity contribution in [3.63, 3.8) is 0 Å². The number of aromatic nitrogens is 2. The first-order chi connectivity index (χ1) is 15.8. The first-order valence-corrected chi connectivity index (χ1v) is 12.0. The van der Waals surface area contributed by atoms with Gasteiger partial charge in [0.05, 0.1) is 17.1 Å². The summed E-state index contributed by atoms with van der Waals surface area (Å²) in [5.41, 5.74) is 1.62. The molecule has 0 bridgehead atoms. The van der Waals surface area contributed by atoms with Gasteiger partial charge in [0.25, 0.3) is 5.56 Å². The van der Waals surface area contributed by atoms with Crippen molar-refractivity contribution in [2.24, 2.45) is 5.10 Å². The first kappa shape index (κ1) is 20.7. The largest absolute Gasteiger partial charge is 0.282 e. The second kappa shape index (κ2) is 9.53. The van der Waals surface area contributed by atoms with Crippen molar-refractivity contribution in [3.8, 4) is 0 Å². The molecule has 4 nitrogen and oxygen atoms in total. The molecule has 1 saturated carbocycles. The summed E-state index contributed by atoms with van der Waals surface area (Å²) in [6.07, 6.45) is 7.50. The maximum Gasteiger partial charge on any atom is 0.282 e. The Kier molecular flexibility index (Phi) is 6.17. The van der Waals surface area contributed by atoms with E-state index in [4.69, 9.17) is 4.98 Å². The normalized spacial score (nSPS) is 14.9. The summed E-state index contributed by atoms with van der Waals surface area (Å²) in [6, 6.07) is 26.1. The topological polar surface area (TPSA) is 47.2 Å². The highest BCUT2D eigenvalue weighted by Gasteiger charge is 2.22. The second-order valence-electron chi connectivity index (χ2n) is 8.17. The van der Waals surface area contributed by atoms with Crippen LogP contribution in [-0.4, -0.2) is 15.9 Å². The lowest BCUT2D eigenvalue weighted by Gasteiger charge is -2.22. The molecular weight excluding hydrogens is 414 g/mol. The van der Waals surface area contributed by atoms with Crippen molar-refractivity contribution < 1.29 is 0 Å². The van der Waals surface area contributed by atoms with Crippen molar-refractivity contribution in [1.82, 2.24) is 9.66 Å². The Morgan fingerprint density at radius 2 is 1.53 bits per heavy atom. The highest BCUT2D eigenvalue weighted by atomic mass is 32.2. The molecule has 5 rings (SSSR count). The number of hydrogen-bond donors (Lipinski definition) is 0. The lowest BCUT2D eigenvalue weighted by Crippen LogP contribution is -2.25. The number of fused-ring (bicyclic) bond motifs is 1. The molecule has 160 valence electrons. The van der Waals surface area contributed by atoms with E-state index in [1.54, 1.807) is 18.0 Å². The molecule has 32 heavy (non-hydrogen) atoms. The third-order valence-electron chi connectivity index (χ3n) is 5.93. The standard InChI is InChI=1S/C27H25N3OS/c31-27-24-13-7-8-14-25(24)29-26(21-9-3-1-4-10-21)30(27)28-19-20-15-17-23(18-16-20)32-22-11-5-2-6-12-22/h2,5-8,11-19,21H,1,3-4,9-10H2. The fourth-order valence-electron chi connectivity index (χ4n) is 4.25. The zero-order valence-corrected chi connectivity index (χ0v) is 18.7. The number of para-hydroxylation sites is 1. The van der Waals surface area contributed by atoms with Crippen LogP contribution in [0.1, 0.15) is 49.4 Å². The smallest absolute Gasteiger partial charge is 0.267 e. The minimum Gasteiger partial charge on any atom is -0.267 e. The van der Waals surface area contributed by atoms with Crippen LogP contribution in [0.25, 0.3) is 10.9 Å². The molecule has 3 aromatic carbocycles. The summed E-state index contributed by atoms with van der Waals surface area (Å²) in [4.78, 5) is 20.5. The zero-order valence-electron chi connectivity index (χ0n) is 17.9. The maximum atomic E-state index is 13.3. The van der Waals surface area contributed by atoms with Gasteiger partial charge in [-0.05, 0) is 54.8 Å². The van der Waals surface area contributed by atoms with E-state index in [1.165, 1.54) is 33.7 Å². The summed E-state index contributed by atoms with van der Waals surface area (Å²) in [6.45, 7) is 0. The van der Waals surface area contributed by atoms with Gasteiger partial charge in [0, 0.05) is 15.7 Å². The number of hydrogen-bond acceptors (Lipinski definition) is 4.